The van der Waals surface area contributed by atoms with Gasteiger partial charge >= 0.3 is 0 Å². The van der Waals surface area contributed by atoms with Gasteiger partial charge in [0.2, 0.25) is 0 Å². The standard InChI is InChI=1S/C18H16N2/c1-3-7-16(8-4-1)18(17-9-5-2-6-10-17)11-13-20-14-12-19-15-20/h1-10,12,18H,14-15H2. The summed E-state index contributed by atoms with van der Waals surface area (Å²) < 4.78 is 0. The maximum Gasteiger partial charge on any atom is 0.117 e. The molecule has 0 atom stereocenters. The van der Waals surface area contributed by atoms with Gasteiger partial charge in [0, 0.05) is 12.3 Å². The molecule has 0 spiro atoms. The fourth-order valence-electron chi connectivity index (χ4n) is 2.26. The van der Waals surface area contributed by atoms with Crippen LogP contribution in [0.1, 0.15) is 17.0 Å². The molecule has 0 bridgehead atoms. The molecule has 2 heteroatoms. The molecule has 1 aliphatic heterocycles. The highest BCUT2D eigenvalue weighted by Gasteiger charge is 2.11. The topological polar surface area (TPSA) is 15.6 Å². The van der Waals surface area contributed by atoms with Crippen molar-refractivity contribution < 1.29 is 0 Å². The van der Waals surface area contributed by atoms with Crippen LogP contribution in [0.3, 0.4) is 0 Å². The van der Waals surface area contributed by atoms with Crippen LogP contribution >= 0.6 is 0 Å². The Balaban J connectivity index is 1.92. The van der Waals surface area contributed by atoms with Crippen LogP contribution < -0.4 is 0 Å². The summed E-state index contributed by atoms with van der Waals surface area (Å²) in [5.41, 5.74) is 2.46. The molecule has 0 radical (unpaired) electrons. The highest BCUT2D eigenvalue weighted by molar-refractivity contribution is 5.62. The van der Waals surface area contributed by atoms with E-state index in [-0.39, 0.29) is 5.92 Å². The molecule has 0 saturated heterocycles. The van der Waals surface area contributed by atoms with E-state index in [1.54, 1.807) is 0 Å². The Morgan fingerprint density at radius 1 is 0.900 bits per heavy atom. The van der Waals surface area contributed by atoms with Crippen LogP contribution in [0, 0.1) is 12.0 Å². The summed E-state index contributed by atoms with van der Waals surface area (Å²) in [5.74, 6) is 3.50. The maximum atomic E-state index is 4.19. The first-order chi connectivity index (χ1) is 9.93. The quantitative estimate of drug-likeness (QED) is 0.757. The van der Waals surface area contributed by atoms with E-state index in [9.17, 15) is 0 Å². The van der Waals surface area contributed by atoms with Crippen molar-refractivity contribution in [3.05, 3.63) is 71.8 Å². The van der Waals surface area contributed by atoms with Gasteiger partial charge in [-0.2, -0.15) is 0 Å². The fraction of sp³-hybridized carbons (Fsp3) is 0.167. The Hall–Kier alpha value is -2.53. The number of aliphatic imine (C=N–C) groups is 1. The first kappa shape index (κ1) is 12.5. The lowest BCUT2D eigenvalue weighted by Crippen LogP contribution is -2.14. The fourth-order valence-corrected chi connectivity index (χ4v) is 2.26. The van der Waals surface area contributed by atoms with E-state index in [0.29, 0.717) is 6.67 Å². The van der Waals surface area contributed by atoms with Gasteiger partial charge < -0.3 is 4.90 Å². The number of benzene rings is 2. The van der Waals surface area contributed by atoms with Crippen LogP contribution in [-0.4, -0.2) is 24.3 Å². The van der Waals surface area contributed by atoms with Gasteiger partial charge in [0.25, 0.3) is 0 Å². The Bertz CT molecular complexity index is 588. The van der Waals surface area contributed by atoms with E-state index in [2.05, 4.69) is 65.5 Å². The molecule has 0 unspecified atom stereocenters. The predicted molar refractivity (Wildman–Crippen MR) is 82.6 cm³/mol. The first-order valence-electron chi connectivity index (χ1n) is 6.78. The zero-order valence-electron chi connectivity index (χ0n) is 11.2. The van der Waals surface area contributed by atoms with E-state index in [4.69, 9.17) is 0 Å². The Morgan fingerprint density at radius 2 is 1.50 bits per heavy atom. The van der Waals surface area contributed by atoms with E-state index in [1.165, 1.54) is 11.1 Å². The molecule has 2 aromatic rings. The molecule has 0 saturated carbocycles. The Kier molecular flexibility index (Phi) is 3.80. The molecule has 3 rings (SSSR count). The Morgan fingerprint density at radius 3 is 2.00 bits per heavy atom. The second-order valence-corrected chi connectivity index (χ2v) is 4.74. The molecule has 2 aromatic carbocycles. The van der Waals surface area contributed by atoms with Crippen molar-refractivity contribution in [3.63, 3.8) is 0 Å². The monoisotopic (exact) mass is 260 g/mol. The molecule has 0 aromatic heterocycles. The van der Waals surface area contributed by atoms with Crippen molar-refractivity contribution in [1.29, 1.82) is 0 Å². The summed E-state index contributed by atoms with van der Waals surface area (Å²) in [6, 6.07) is 24.1. The molecule has 2 nitrogen and oxygen atoms in total. The molecule has 1 aliphatic rings. The van der Waals surface area contributed by atoms with Crippen LogP contribution in [0.2, 0.25) is 0 Å². The molecular formula is C18H16N2. The zero-order chi connectivity index (χ0) is 13.6. The van der Waals surface area contributed by atoms with Crippen LogP contribution in [0.15, 0.2) is 65.7 Å². The molecule has 0 fully saturated rings. The van der Waals surface area contributed by atoms with Gasteiger partial charge in [-0.1, -0.05) is 66.6 Å². The van der Waals surface area contributed by atoms with E-state index < -0.39 is 0 Å². The lowest BCUT2D eigenvalue weighted by molar-refractivity contribution is 0.499. The third-order valence-electron chi connectivity index (χ3n) is 3.32. The lowest BCUT2D eigenvalue weighted by Gasteiger charge is -2.12. The molecule has 98 valence electrons. The summed E-state index contributed by atoms with van der Waals surface area (Å²) in [5, 5.41) is 0. The molecular weight excluding hydrogens is 244 g/mol. The zero-order valence-corrected chi connectivity index (χ0v) is 11.2. The summed E-state index contributed by atoms with van der Waals surface area (Å²) in [6.07, 6.45) is 1.91. The average Bonchev–Trinajstić information content (AvgIpc) is 3.03. The molecule has 0 N–H and O–H groups in total. The van der Waals surface area contributed by atoms with E-state index in [0.717, 1.165) is 6.54 Å². The van der Waals surface area contributed by atoms with Crippen LogP contribution in [0.5, 0.6) is 0 Å². The lowest BCUT2D eigenvalue weighted by atomic mass is 9.92. The van der Waals surface area contributed by atoms with Crippen LogP contribution in [0.25, 0.3) is 0 Å². The normalized spacial score (nSPS) is 13.3. The van der Waals surface area contributed by atoms with Crippen molar-refractivity contribution in [1.82, 2.24) is 4.90 Å². The Labute approximate surface area is 119 Å². The van der Waals surface area contributed by atoms with Gasteiger partial charge in [0.15, 0.2) is 0 Å². The third kappa shape index (κ3) is 2.89. The second kappa shape index (κ2) is 6.08. The molecule has 20 heavy (non-hydrogen) atoms. The average molecular weight is 260 g/mol. The summed E-state index contributed by atoms with van der Waals surface area (Å²) in [4.78, 5) is 6.21. The van der Waals surface area contributed by atoms with Gasteiger partial charge in [-0.3, -0.25) is 4.99 Å². The number of hydrogen-bond donors (Lipinski definition) is 0. The van der Waals surface area contributed by atoms with Gasteiger partial charge in [-0.05, 0) is 11.1 Å². The van der Waals surface area contributed by atoms with Crippen molar-refractivity contribution >= 4 is 6.21 Å². The highest BCUT2D eigenvalue weighted by Crippen LogP contribution is 2.23. The highest BCUT2D eigenvalue weighted by atomic mass is 15.2. The molecule has 1 heterocycles. The SMILES string of the molecule is C(#CN1CC=NC1)C(c1ccccc1)c1ccccc1. The number of nitrogens with zero attached hydrogens (tertiary/aromatic N) is 2. The van der Waals surface area contributed by atoms with Crippen LogP contribution in [0.4, 0.5) is 0 Å². The minimum Gasteiger partial charge on any atom is -0.307 e. The van der Waals surface area contributed by atoms with Gasteiger partial charge in [0.05, 0.1) is 12.5 Å². The van der Waals surface area contributed by atoms with Crippen LogP contribution in [-0.2, 0) is 0 Å². The van der Waals surface area contributed by atoms with Crippen molar-refractivity contribution in [3.8, 4) is 12.0 Å². The summed E-state index contributed by atoms with van der Waals surface area (Å²) >= 11 is 0. The smallest absolute Gasteiger partial charge is 0.117 e. The molecule has 0 aliphatic carbocycles. The van der Waals surface area contributed by atoms with Crippen molar-refractivity contribution in [2.24, 2.45) is 4.99 Å². The van der Waals surface area contributed by atoms with Crippen molar-refractivity contribution in [2.45, 2.75) is 5.92 Å². The minimum absolute atomic E-state index is 0.109. The number of rotatable bonds is 2. The summed E-state index contributed by atoms with van der Waals surface area (Å²) in [6.45, 7) is 1.51. The number of hydrogen-bond acceptors (Lipinski definition) is 2. The minimum atomic E-state index is 0.109. The van der Waals surface area contributed by atoms with E-state index in [1.807, 2.05) is 23.2 Å². The van der Waals surface area contributed by atoms with E-state index >= 15 is 0 Å². The van der Waals surface area contributed by atoms with Gasteiger partial charge in [-0.25, -0.2) is 0 Å². The van der Waals surface area contributed by atoms with Gasteiger partial charge in [0.1, 0.15) is 6.67 Å². The second-order valence-electron chi connectivity index (χ2n) is 4.74. The van der Waals surface area contributed by atoms with Crippen molar-refractivity contribution in [2.75, 3.05) is 13.2 Å². The third-order valence-corrected chi connectivity index (χ3v) is 3.32. The predicted octanol–water partition coefficient (Wildman–Crippen LogP) is 3.12. The summed E-state index contributed by atoms with van der Waals surface area (Å²) in [7, 11) is 0. The first-order valence-corrected chi connectivity index (χ1v) is 6.78. The molecule has 0 amide bonds. The van der Waals surface area contributed by atoms with Gasteiger partial charge in [-0.15, -0.1) is 0 Å². The maximum absolute atomic E-state index is 4.19. The largest absolute Gasteiger partial charge is 0.307 e.